The van der Waals surface area contributed by atoms with E-state index in [1.54, 1.807) is 0 Å². The first kappa shape index (κ1) is 21.6. The van der Waals surface area contributed by atoms with E-state index in [-0.39, 0.29) is 27.2 Å². The number of carbonyl (C=O) groups excluding carboxylic acids is 1. The zero-order valence-corrected chi connectivity index (χ0v) is 14.8. The standard InChI is InChI=1S/C16H32O2.Pt/c1-2-3-4-7-10-13-16(18)14-11-8-5-6-9-12-15-17;/h15-16,18H,2-14H2,1H3;. The van der Waals surface area contributed by atoms with Crippen LogP contribution in [0, 0.1) is 0 Å². The van der Waals surface area contributed by atoms with Crippen molar-refractivity contribution in [3.63, 3.8) is 0 Å². The molecule has 0 aliphatic rings. The maximum Gasteiger partial charge on any atom is 0.119 e. The molecule has 3 heteroatoms. The van der Waals surface area contributed by atoms with Crippen molar-refractivity contribution < 1.29 is 31.0 Å². The fourth-order valence-electron chi connectivity index (χ4n) is 2.27. The first-order chi connectivity index (χ1) is 8.81. The number of rotatable bonds is 14. The van der Waals surface area contributed by atoms with Gasteiger partial charge in [-0.05, 0) is 19.3 Å². The van der Waals surface area contributed by atoms with Gasteiger partial charge in [-0.15, -0.1) is 0 Å². The predicted octanol–water partition coefficient (Wildman–Crippen LogP) is 4.63. The molecule has 0 amide bonds. The van der Waals surface area contributed by atoms with Crippen LogP contribution in [0.1, 0.15) is 90.4 Å². The molecule has 0 aliphatic heterocycles. The molecule has 19 heavy (non-hydrogen) atoms. The minimum absolute atomic E-state index is 0. The second-order valence-electron chi connectivity index (χ2n) is 5.37. The SMILES string of the molecule is CCCCCCCC(O)CCCCCCCC=O.[Pt]. The van der Waals surface area contributed by atoms with Gasteiger partial charge in [0, 0.05) is 27.5 Å². The third kappa shape index (κ3) is 18.3. The van der Waals surface area contributed by atoms with Crippen LogP contribution in [0.4, 0.5) is 0 Å². The number of aliphatic hydroxyl groups is 1. The number of unbranched alkanes of at least 4 members (excludes halogenated alkanes) is 9. The van der Waals surface area contributed by atoms with E-state index in [0.29, 0.717) is 6.42 Å². The molecule has 0 saturated carbocycles. The van der Waals surface area contributed by atoms with Gasteiger partial charge in [0.05, 0.1) is 6.10 Å². The van der Waals surface area contributed by atoms with Crippen LogP contribution >= 0.6 is 0 Å². The molecule has 0 aromatic heterocycles. The Morgan fingerprint density at radius 2 is 1.32 bits per heavy atom. The summed E-state index contributed by atoms with van der Waals surface area (Å²) in [6.45, 7) is 2.23. The molecule has 0 aliphatic carbocycles. The molecule has 0 saturated heterocycles. The van der Waals surface area contributed by atoms with E-state index in [2.05, 4.69) is 6.92 Å². The van der Waals surface area contributed by atoms with Crippen LogP contribution in [0.3, 0.4) is 0 Å². The van der Waals surface area contributed by atoms with Gasteiger partial charge in [-0.3, -0.25) is 0 Å². The van der Waals surface area contributed by atoms with Crippen molar-refractivity contribution in [2.45, 2.75) is 96.5 Å². The Labute approximate surface area is 134 Å². The summed E-state index contributed by atoms with van der Waals surface area (Å²) in [6, 6.07) is 0. The van der Waals surface area contributed by atoms with Gasteiger partial charge in [-0.25, -0.2) is 0 Å². The number of carbonyl (C=O) groups is 1. The Morgan fingerprint density at radius 3 is 1.84 bits per heavy atom. The Balaban J connectivity index is 0. The third-order valence-corrected chi connectivity index (χ3v) is 3.50. The predicted molar refractivity (Wildman–Crippen MR) is 77.8 cm³/mol. The van der Waals surface area contributed by atoms with Crippen LogP contribution < -0.4 is 0 Å². The summed E-state index contributed by atoms with van der Waals surface area (Å²) in [5, 5.41) is 9.80. The van der Waals surface area contributed by atoms with Crippen LogP contribution in [0.2, 0.25) is 0 Å². The van der Waals surface area contributed by atoms with Crippen LogP contribution in [0.25, 0.3) is 0 Å². The summed E-state index contributed by atoms with van der Waals surface area (Å²) in [7, 11) is 0. The zero-order chi connectivity index (χ0) is 13.5. The summed E-state index contributed by atoms with van der Waals surface area (Å²) >= 11 is 0. The molecular formula is C16H32O2Pt. The minimum Gasteiger partial charge on any atom is -0.393 e. The average Bonchev–Trinajstić information content (AvgIpc) is 2.37. The second kappa shape index (κ2) is 18.3. The molecule has 1 unspecified atom stereocenters. The Hall–Kier alpha value is 0.318. The van der Waals surface area contributed by atoms with E-state index in [0.717, 1.165) is 38.4 Å². The van der Waals surface area contributed by atoms with Gasteiger partial charge in [0.15, 0.2) is 0 Å². The maximum atomic E-state index is 10.1. The first-order valence-electron chi connectivity index (χ1n) is 7.93. The zero-order valence-electron chi connectivity index (χ0n) is 12.5. The van der Waals surface area contributed by atoms with Gasteiger partial charge in [0.2, 0.25) is 0 Å². The molecule has 0 radical (unpaired) electrons. The van der Waals surface area contributed by atoms with Crippen LogP contribution in [-0.2, 0) is 25.9 Å². The molecule has 0 heterocycles. The third-order valence-electron chi connectivity index (χ3n) is 3.50. The fraction of sp³-hybridized carbons (Fsp3) is 0.938. The van der Waals surface area contributed by atoms with Gasteiger partial charge < -0.3 is 9.90 Å². The van der Waals surface area contributed by atoms with Gasteiger partial charge in [-0.1, -0.05) is 64.7 Å². The maximum absolute atomic E-state index is 10.1. The molecule has 0 rings (SSSR count). The van der Waals surface area contributed by atoms with Gasteiger partial charge in [0.25, 0.3) is 0 Å². The average molecular weight is 452 g/mol. The van der Waals surface area contributed by atoms with Crippen LogP contribution in [0.5, 0.6) is 0 Å². The summed E-state index contributed by atoms with van der Waals surface area (Å²) in [5.41, 5.74) is 0. The monoisotopic (exact) mass is 451 g/mol. The Morgan fingerprint density at radius 1 is 0.842 bits per heavy atom. The van der Waals surface area contributed by atoms with Gasteiger partial charge >= 0.3 is 0 Å². The summed E-state index contributed by atoms with van der Waals surface area (Å²) in [5.74, 6) is 0. The normalized spacial score (nSPS) is 11.9. The van der Waals surface area contributed by atoms with Crippen molar-refractivity contribution in [1.82, 2.24) is 0 Å². The topological polar surface area (TPSA) is 37.3 Å². The number of aliphatic hydroxyl groups excluding tert-OH is 1. The smallest absolute Gasteiger partial charge is 0.119 e. The fourth-order valence-corrected chi connectivity index (χ4v) is 2.27. The van der Waals surface area contributed by atoms with Crippen molar-refractivity contribution in [3.8, 4) is 0 Å². The minimum atomic E-state index is -0.0819. The molecular weight excluding hydrogens is 419 g/mol. The number of aldehydes is 1. The summed E-state index contributed by atoms with van der Waals surface area (Å²) in [6.07, 6.45) is 15.7. The van der Waals surface area contributed by atoms with E-state index >= 15 is 0 Å². The summed E-state index contributed by atoms with van der Waals surface area (Å²) < 4.78 is 0. The molecule has 1 atom stereocenters. The van der Waals surface area contributed by atoms with E-state index in [4.69, 9.17) is 0 Å². The molecule has 0 spiro atoms. The van der Waals surface area contributed by atoms with Crippen molar-refractivity contribution in [2.24, 2.45) is 0 Å². The quantitative estimate of drug-likeness (QED) is 0.309. The van der Waals surface area contributed by atoms with Crippen molar-refractivity contribution in [1.29, 1.82) is 0 Å². The van der Waals surface area contributed by atoms with Gasteiger partial charge in [0.1, 0.15) is 6.29 Å². The van der Waals surface area contributed by atoms with E-state index in [1.807, 2.05) is 0 Å². The van der Waals surface area contributed by atoms with Crippen LogP contribution in [-0.4, -0.2) is 17.5 Å². The molecule has 0 fully saturated rings. The number of hydrogen-bond donors (Lipinski definition) is 1. The van der Waals surface area contributed by atoms with Gasteiger partial charge in [-0.2, -0.15) is 0 Å². The van der Waals surface area contributed by atoms with E-state index < -0.39 is 0 Å². The van der Waals surface area contributed by atoms with Crippen molar-refractivity contribution in [2.75, 3.05) is 0 Å². The molecule has 0 aromatic carbocycles. The Bertz CT molecular complexity index is 174. The molecule has 0 bridgehead atoms. The van der Waals surface area contributed by atoms with Crippen LogP contribution in [0.15, 0.2) is 0 Å². The molecule has 2 nitrogen and oxygen atoms in total. The largest absolute Gasteiger partial charge is 0.393 e. The summed E-state index contributed by atoms with van der Waals surface area (Å²) in [4.78, 5) is 10.1. The second-order valence-corrected chi connectivity index (χ2v) is 5.37. The van der Waals surface area contributed by atoms with Crippen molar-refractivity contribution >= 4 is 6.29 Å². The van der Waals surface area contributed by atoms with E-state index in [9.17, 15) is 9.90 Å². The molecule has 118 valence electrons. The number of hydrogen-bond acceptors (Lipinski definition) is 2. The Kier molecular flexibility index (Phi) is 20.8. The first-order valence-corrected chi connectivity index (χ1v) is 7.93. The molecule has 1 N–H and O–H groups in total. The molecule has 0 aromatic rings. The van der Waals surface area contributed by atoms with Crippen molar-refractivity contribution in [3.05, 3.63) is 0 Å². The van der Waals surface area contributed by atoms with E-state index in [1.165, 1.54) is 44.9 Å².